The maximum atomic E-state index is 12.3. The van der Waals surface area contributed by atoms with Gasteiger partial charge in [-0.3, -0.25) is 4.79 Å². The molecular formula is C23H27N3O3. The van der Waals surface area contributed by atoms with E-state index in [-0.39, 0.29) is 12.3 Å². The van der Waals surface area contributed by atoms with Gasteiger partial charge in [0.1, 0.15) is 11.5 Å². The van der Waals surface area contributed by atoms with Gasteiger partial charge in [-0.15, -0.1) is 0 Å². The Morgan fingerprint density at radius 3 is 2.41 bits per heavy atom. The Hall–Kier alpha value is -3.28. The summed E-state index contributed by atoms with van der Waals surface area (Å²) in [6.45, 7) is 4.61. The third-order valence-corrected chi connectivity index (χ3v) is 4.77. The van der Waals surface area contributed by atoms with Gasteiger partial charge in [-0.1, -0.05) is 18.2 Å². The summed E-state index contributed by atoms with van der Waals surface area (Å²) in [5.74, 6) is 1.32. The average Bonchev–Trinajstić information content (AvgIpc) is 3.06. The molecule has 29 heavy (non-hydrogen) atoms. The van der Waals surface area contributed by atoms with Crippen LogP contribution in [0.5, 0.6) is 11.5 Å². The van der Waals surface area contributed by atoms with Crippen LogP contribution in [0.4, 0.5) is 0 Å². The molecule has 0 radical (unpaired) electrons. The van der Waals surface area contributed by atoms with E-state index < -0.39 is 0 Å². The number of rotatable bonds is 8. The van der Waals surface area contributed by atoms with Gasteiger partial charge in [0, 0.05) is 23.9 Å². The highest BCUT2D eigenvalue weighted by atomic mass is 16.5. The van der Waals surface area contributed by atoms with Crippen LogP contribution in [-0.2, 0) is 17.6 Å². The number of ether oxygens (including phenoxy) is 2. The first-order valence-electron chi connectivity index (χ1n) is 9.60. The first-order valence-corrected chi connectivity index (χ1v) is 9.60. The van der Waals surface area contributed by atoms with Gasteiger partial charge in [0.05, 0.1) is 32.0 Å². The third kappa shape index (κ3) is 5.16. The fourth-order valence-corrected chi connectivity index (χ4v) is 3.27. The number of aromatic nitrogens is 2. The summed E-state index contributed by atoms with van der Waals surface area (Å²) in [6.07, 6.45) is 1.03. The molecule has 0 aliphatic carbocycles. The minimum atomic E-state index is -0.0345. The van der Waals surface area contributed by atoms with Crippen LogP contribution in [-0.4, -0.2) is 36.5 Å². The van der Waals surface area contributed by atoms with Crippen LogP contribution in [0.1, 0.15) is 22.5 Å². The van der Waals surface area contributed by atoms with Crippen LogP contribution in [0.15, 0.2) is 48.5 Å². The highest BCUT2D eigenvalue weighted by molar-refractivity contribution is 5.79. The fraction of sp³-hybridized carbons (Fsp3) is 0.304. The molecule has 2 aromatic carbocycles. The van der Waals surface area contributed by atoms with Crippen molar-refractivity contribution in [1.29, 1.82) is 0 Å². The predicted molar refractivity (Wildman–Crippen MR) is 113 cm³/mol. The number of hydrogen-bond donors (Lipinski definition) is 1. The molecule has 0 saturated carbocycles. The summed E-state index contributed by atoms with van der Waals surface area (Å²) in [7, 11) is 3.19. The van der Waals surface area contributed by atoms with Crippen LogP contribution in [0, 0.1) is 13.8 Å². The lowest BCUT2D eigenvalue weighted by atomic mass is 10.1. The van der Waals surface area contributed by atoms with Crippen molar-refractivity contribution < 1.29 is 14.3 Å². The van der Waals surface area contributed by atoms with Crippen molar-refractivity contribution in [2.75, 3.05) is 20.8 Å². The number of aryl methyl sites for hydroxylation is 2. The largest absolute Gasteiger partial charge is 0.497 e. The summed E-state index contributed by atoms with van der Waals surface area (Å²) in [5, 5.41) is 7.48. The molecule has 6 heteroatoms. The molecule has 0 atom stereocenters. The second kappa shape index (κ2) is 9.28. The van der Waals surface area contributed by atoms with Crippen molar-refractivity contribution in [2.45, 2.75) is 26.7 Å². The lowest BCUT2D eigenvalue weighted by Crippen LogP contribution is -2.27. The van der Waals surface area contributed by atoms with E-state index in [0.29, 0.717) is 18.0 Å². The Morgan fingerprint density at radius 2 is 1.79 bits per heavy atom. The first kappa shape index (κ1) is 20.5. The second-order valence-electron chi connectivity index (χ2n) is 6.96. The van der Waals surface area contributed by atoms with E-state index in [1.54, 1.807) is 20.3 Å². The van der Waals surface area contributed by atoms with Crippen LogP contribution in [0.2, 0.25) is 0 Å². The molecule has 0 aliphatic heterocycles. The highest BCUT2D eigenvalue weighted by Gasteiger charge is 2.10. The minimum absolute atomic E-state index is 0.0345. The second-order valence-corrected chi connectivity index (χ2v) is 6.96. The summed E-state index contributed by atoms with van der Waals surface area (Å²) in [5.41, 5.74) is 5.15. The SMILES string of the molecule is COc1ccc(CC(=O)NCCc2ccc(-n3nc(C)cc3C)cc2)c(OC)c1. The normalized spacial score (nSPS) is 10.6. The number of carbonyl (C=O) groups excluding carboxylic acids is 1. The molecule has 1 amide bonds. The Labute approximate surface area is 171 Å². The molecule has 3 rings (SSSR count). The fourth-order valence-electron chi connectivity index (χ4n) is 3.27. The summed E-state index contributed by atoms with van der Waals surface area (Å²) < 4.78 is 12.5. The van der Waals surface area contributed by atoms with Crippen LogP contribution in [0.3, 0.4) is 0 Å². The number of hydrogen-bond acceptors (Lipinski definition) is 4. The molecule has 152 valence electrons. The van der Waals surface area contributed by atoms with Crippen molar-refractivity contribution >= 4 is 5.91 Å². The lowest BCUT2D eigenvalue weighted by Gasteiger charge is -2.11. The highest BCUT2D eigenvalue weighted by Crippen LogP contribution is 2.24. The maximum absolute atomic E-state index is 12.3. The molecular weight excluding hydrogens is 366 g/mol. The van der Waals surface area contributed by atoms with Gasteiger partial charge >= 0.3 is 0 Å². The summed E-state index contributed by atoms with van der Waals surface area (Å²) >= 11 is 0. The molecule has 0 spiro atoms. The zero-order valence-electron chi connectivity index (χ0n) is 17.4. The first-order chi connectivity index (χ1) is 14.0. The van der Waals surface area contributed by atoms with E-state index in [0.717, 1.165) is 34.6 Å². The Kier molecular flexibility index (Phi) is 6.54. The number of methoxy groups -OCH3 is 2. The minimum Gasteiger partial charge on any atom is -0.497 e. The number of nitrogens with zero attached hydrogens (tertiary/aromatic N) is 2. The number of benzene rings is 2. The van der Waals surface area contributed by atoms with Gasteiger partial charge in [-0.2, -0.15) is 5.10 Å². The molecule has 3 aromatic rings. The predicted octanol–water partition coefficient (Wildman–Crippen LogP) is 3.41. The summed E-state index contributed by atoms with van der Waals surface area (Å²) in [6, 6.07) is 15.8. The topological polar surface area (TPSA) is 65.4 Å². The Bertz CT molecular complexity index is 978. The van der Waals surface area contributed by atoms with Gasteiger partial charge in [0.2, 0.25) is 5.91 Å². The van der Waals surface area contributed by atoms with Crippen molar-refractivity contribution in [3.05, 3.63) is 71.0 Å². The van der Waals surface area contributed by atoms with Crippen LogP contribution >= 0.6 is 0 Å². The Balaban J connectivity index is 1.52. The summed E-state index contributed by atoms with van der Waals surface area (Å²) in [4.78, 5) is 12.3. The quantitative estimate of drug-likeness (QED) is 0.637. The maximum Gasteiger partial charge on any atom is 0.224 e. The van der Waals surface area contributed by atoms with Gasteiger partial charge in [-0.25, -0.2) is 4.68 Å². The van der Waals surface area contributed by atoms with Crippen LogP contribution in [0.25, 0.3) is 5.69 Å². The smallest absolute Gasteiger partial charge is 0.224 e. The monoisotopic (exact) mass is 393 g/mol. The van der Waals surface area contributed by atoms with E-state index in [1.807, 2.05) is 30.7 Å². The molecule has 0 bridgehead atoms. The van der Waals surface area contributed by atoms with E-state index in [9.17, 15) is 4.79 Å². The van der Waals surface area contributed by atoms with Crippen molar-refractivity contribution in [2.24, 2.45) is 0 Å². The van der Waals surface area contributed by atoms with Crippen molar-refractivity contribution in [1.82, 2.24) is 15.1 Å². The standard InChI is InChI=1S/C23H27N3O3/c1-16-13-17(2)26(25-16)20-8-5-18(6-9-20)11-12-24-23(27)14-19-7-10-21(28-3)15-22(19)29-4/h5-10,13,15H,11-12,14H2,1-4H3,(H,24,27). The van der Waals surface area contributed by atoms with Gasteiger partial charge < -0.3 is 14.8 Å². The van der Waals surface area contributed by atoms with Gasteiger partial charge in [0.15, 0.2) is 0 Å². The molecule has 1 N–H and O–H groups in total. The van der Waals surface area contributed by atoms with E-state index in [2.05, 4.69) is 40.7 Å². The Morgan fingerprint density at radius 1 is 1.03 bits per heavy atom. The van der Waals surface area contributed by atoms with E-state index in [1.165, 1.54) is 0 Å². The zero-order chi connectivity index (χ0) is 20.8. The lowest BCUT2D eigenvalue weighted by molar-refractivity contribution is -0.120. The van der Waals surface area contributed by atoms with Crippen LogP contribution < -0.4 is 14.8 Å². The molecule has 1 aromatic heterocycles. The van der Waals surface area contributed by atoms with E-state index >= 15 is 0 Å². The number of carbonyl (C=O) groups is 1. The molecule has 0 fully saturated rings. The third-order valence-electron chi connectivity index (χ3n) is 4.77. The molecule has 0 unspecified atom stereocenters. The van der Waals surface area contributed by atoms with Gasteiger partial charge in [-0.05, 0) is 50.1 Å². The molecule has 0 aliphatic rings. The van der Waals surface area contributed by atoms with Gasteiger partial charge in [0.25, 0.3) is 0 Å². The number of nitrogens with one attached hydrogen (secondary N) is 1. The number of amides is 1. The zero-order valence-corrected chi connectivity index (χ0v) is 17.4. The van der Waals surface area contributed by atoms with Crippen molar-refractivity contribution in [3.8, 4) is 17.2 Å². The van der Waals surface area contributed by atoms with E-state index in [4.69, 9.17) is 9.47 Å². The molecule has 6 nitrogen and oxygen atoms in total. The average molecular weight is 393 g/mol. The molecule has 0 saturated heterocycles. The van der Waals surface area contributed by atoms with Crippen molar-refractivity contribution in [3.63, 3.8) is 0 Å². The molecule has 1 heterocycles.